The smallest absolute Gasteiger partial charge is 0.224 e. The molecule has 2 N–H and O–H groups in total. The van der Waals surface area contributed by atoms with Gasteiger partial charge in [-0.25, -0.2) is 0 Å². The zero-order valence-corrected chi connectivity index (χ0v) is 13.9. The van der Waals surface area contributed by atoms with Crippen LogP contribution in [0.25, 0.3) is 0 Å². The number of nitrogens with one attached hydrogen (secondary N) is 2. The minimum atomic E-state index is -0.0348. The van der Waals surface area contributed by atoms with Crippen LogP contribution in [0.1, 0.15) is 22.7 Å². The molecule has 0 aliphatic carbocycles. The summed E-state index contributed by atoms with van der Waals surface area (Å²) >= 11 is 3.35. The molecule has 0 bridgehead atoms. The number of rotatable bonds is 6. The average molecular weight is 331 g/mol. The van der Waals surface area contributed by atoms with Gasteiger partial charge in [0.2, 0.25) is 5.91 Å². The average Bonchev–Trinajstić information content (AvgIpc) is 3.09. The van der Waals surface area contributed by atoms with Gasteiger partial charge in [0, 0.05) is 22.2 Å². The van der Waals surface area contributed by atoms with E-state index in [9.17, 15) is 4.79 Å². The number of carbonyl (C=O) groups excluding carboxylic acids is 1. The van der Waals surface area contributed by atoms with Gasteiger partial charge >= 0.3 is 0 Å². The van der Waals surface area contributed by atoms with Crippen LogP contribution < -0.4 is 10.6 Å². The van der Waals surface area contributed by atoms with Crippen molar-refractivity contribution in [2.45, 2.75) is 13.0 Å². The van der Waals surface area contributed by atoms with E-state index in [2.05, 4.69) is 22.8 Å². The van der Waals surface area contributed by atoms with Gasteiger partial charge in [-0.2, -0.15) is 0 Å². The fraction of sp³-hybridized carbons (Fsp3) is 0.357. The van der Waals surface area contributed by atoms with Crippen molar-refractivity contribution in [3.05, 3.63) is 44.8 Å². The van der Waals surface area contributed by atoms with Gasteiger partial charge in [0.1, 0.15) is 0 Å². The lowest BCUT2D eigenvalue weighted by atomic mass is 10.1. The van der Waals surface area contributed by atoms with Crippen molar-refractivity contribution in [1.29, 1.82) is 0 Å². The Labute approximate surface area is 133 Å². The normalized spacial score (nSPS) is 11.9. The number of thiophene rings is 2. The Hall–Kier alpha value is -0.880. The molecule has 1 atom stereocenters. The molecule has 3 nitrogen and oxygen atoms in total. The topological polar surface area (TPSA) is 41.1 Å². The first-order chi connectivity index (χ1) is 9.22. The summed E-state index contributed by atoms with van der Waals surface area (Å²) in [5, 5.41) is 10.3. The van der Waals surface area contributed by atoms with Crippen LogP contribution in [0.5, 0.6) is 0 Å². The molecule has 6 heteroatoms. The molecule has 110 valence electrons. The first-order valence-corrected chi connectivity index (χ1v) is 8.00. The van der Waals surface area contributed by atoms with Crippen LogP contribution in [0.4, 0.5) is 0 Å². The monoisotopic (exact) mass is 330 g/mol. The maximum Gasteiger partial charge on any atom is 0.224 e. The number of carbonyl (C=O) groups is 1. The van der Waals surface area contributed by atoms with E-state index in [1.807, 2.05) is 36.9 Å². The van der Waals surface area contributed by atoms with Crippen molar-refractivity contribution >= 4 is 41.0 Å². The highest BCUT2D eigenvalue weighted by atomic mass is 35.5. The Balaban J connectivity index is 0.00000200. The lowest BCUT2D eigenvalue weighted by Gasteiger charge is -2.19. The van der Waals surface area contributed by atoms with Gasteiger partial charge in [-0.1, -0.05) is 19.1 Å². The zero-order valence-electron chi connectivity index (χ0n) is 11.5. The maximum atomic E-state index is 12.2. The molecule has 0 radical (unpaired) electrons. The molecule has 2 aromatic heterocycles. The highest BCUT2D eigenvalue weighted by Crippen LogP contribution is 2.29. The third kappa shape index (κ3) is 4.31. The quantitative estimate of drug-likeness (QED) is 0.853. The summed E-state index contributed by atoms with van der Waals surface area (Å²) < 4.78 is 0. The second-order valence-corrected chi connectivity index (χ2v) is 6.39. The third-order valence-electron chi connectivity index (χ3n) is 2.90. The molecule has 2 heterocycles. The van der Waals surface area contributed by atoms with E-state index in [4.69, 9.17) is 0 Å². The molecule has 1 unspecified atom stereocenters. The number of amides is 1. The van der Waals surface area contributed by atoms with Crippen LogP contribution in [-0.4, -0.2) is 19.5 Å². The summed E-state index contributed by atoms with van der Waals surface area (Å²) in [6.07, 6.45) is 0. The van der Waals surface area contributed by atoms with Crippen LogP contribution in [0.15, 0.2) is 35.0 Å². The Bertz CT molecular complexity index is 465. The molecule has 0 aliphatic rings. The van der Waals surface area contributed by atoms with Crippen LogP contribution in [0, 0.1) is 5.92 Å². The minimum Gasteiger partial charge on any atom is -0.343 e. The fourth-order valence-corrected chi connectivity index (χ4v) is 3.54. The van der Waals surface area contributed by atoms with Gasteiger partial charge < -0.3 is 10.6 Å². The third-order valence-corrected chi connectivity index (χ3v) is 4.77. The SMILES string of the molecule is CNCC(C)C(=O)NC(c1cccs1)c1cccs1.Cl. The van der Waals surface area contributed by atoms with Crippen LogP contribution >= 0.6 is 35.1 Å². The number of halogens is 1. The van der Waals surface area contributed by atoms with Crippen molar-refractivity contribution in [2.75, 3.05) is 13.6 Å². The maximum absolute atomic E-state index is 12.2. The summed E-state index contributed by atoms with van der Waals surface area (Å²) in [5.74, 6) is 0.0496. The van der Waals surface area contributed by atoms with Gasteiger partial charge in [0.15, 0.2) is 0 Å². The number of hydrogen-bond acceptors (Lipinski definition) is 4. The largest absolute Gasteiger partial charge is 0.343 e. The molecule has 20 heavy (non-hydrogen) atoms. The van der Waals surface area contributed by atoms with Crippen molar-refractivity contribution in [3.8, 4) is 0 Å². The van der Waals surface area contributed by atoms with Crippen molar-refractivity contribution in [3.63, 3.8) is 0 Å². The van der Waals surface area contributed by atoms with Crippen LogP contribution in [-0.2, 0) is 4.79 Å². The molecule has 1 amide bonds. The Morgan fingerprint density at radius 3 is 2.15 bits per heavy atom. The number of hydrogen-bond donors (Lipinski definition) is 2. The van der Waals surface area contributed by atoms with E-state index >= 15 is 0 Å². The summed E-state index contributed by atoms with van der Waals surface area (Å²) in [5.41, 5.74) is 0. The predicted octanol–water partition coefficient (Wildman–Crippen LogP) is 3.29. The molecule has 0 aromatic carbocycles. The molecule has 0 spiro atoms. The lowest BCUT2D eigenvalue weighted by molar-refractivity contribution is -0.124. The molecule has 2 rings (SSSR count). The van der Waals surface area contributed by atoms with Crippen LogP contribution in [0.3, 0.4) is 0 Å². The van der Waals surface area contributed by atoms with Crippen molar-refractivity contribution in [2.24, 2.45) is 5.92 Å². The molecule has 0 aliphatic heterocycles. The molecular formula is C14H19ClN2OS2. The first-order valence-electron chi connectivity index (χ1n) is 6.24. The van der Waals surface area contributed by atoms with Gasteiger partial charge in [-0.05, 0) is 29.9 Å². The van der Waals surface area contributed by atoms with Gasteiger partial charge in [0.05, 0.1) is 6.04 Å². The van der Waals surface area contributed by atoms with E-state index < -0.39 is 0 Å². The zero-order chi connectivity index (χ0) is 13.7. The Kier molecular flexibility index (Phi) is 7.23. The Morgan fingerprint density at radius 2 is 1.75 bits per heavy atom. The molecule has 0 saturated heterocycles. The van der Waals surface area contributed by atoms with Gasteiger partial charge in [-0.3, -0.25) is 4.79 Å². The van der Waals surface area contributed by atoms with E-state index in [0.717, 1.165) is 0 Å². The van der Waals surface area contributed by atoms with Crippen LogP contribution in [0.2, 0.25) is 0 Å². The predicted molar refractivity (Wildman–Crippen MR) is 89.0 cm³/mol. The summed E-state index contributed by atoms with van der Waals surface area (Å²) in [7, 11) is 1.86. The molecule has 2 aromatic rings. The van der Waals surface area contributed by atoms with E-state index in [1.165, 1.54) is 9.75 Å². The summed E-state index contributed by atoms with van der Waals surface area (Å²) in [6.45, 7) is 2.62. The highest BCUT2D eigenvalue weighted by molar-refractivity contribution is 7.11. The first kappa shape index (κ1) is 17.2. The summed E-state index contributed by atoms with van der Waals surface area (Å²) in [4.78, 5) is 14.5. The minimum absolute atomic E-state index is 0. The van der Waals surface area contributed by atoms with Gasteiger partial charge in [0.25, 0.3) is 0 Å². The molecular weight excluding hydrogens is 312 g/mol. The van der Waals surface area contributed by atoms with Gasteiger partial charge in [-0.15, -0.1) is 35.1 Å². The lowest BCUT2D eigenvalue weighted by Crippen LogP contribution is -2.36. The highest BCUT2D eigenvalue weighted by Gasteiger charge is 2.21. The summed E-state index contributed by atoms with van der Waals surface area (Å²) in [6, 6.07) is 8.15. The Morgan fingerprint density at radius 1 is 1.20 bits per heavy atom. The molecule has 0 saturated carbocycles. The van der Waals surface area contributed by atoms with E-state index in [0.29, 0.717) is 6.54 Å². The second kappa shape index (κ2) is 8.42. The van der Waals surface area contributed by atoms with E-state index in [-0.39, 0.29) is 30.3 Å². The van der Waals surface area contributed by atoms with E-state index in [1.54, 1.807) is 22.7 Å². The van der Waals surface area contributed by atoms with Crippen molar-refractivity contribution < 1.29 is 4.79 Å². The molecule has 0 fully saturated rings. The standard InChI is InChI=1S/C14H18N2OS2.ClH/c1-10(9-15-2)14(17)16-13(11-5-3-7-18-11)12-6-4-8-19-12;/h3-8,10,13,15H,9H2,1-2H3,(H,16,17);1H. The van der Waals surface area contributed by atoms with Crippen molar-refractivity contribution in [1.82, 2.24) is 10.6 Å². The fourth-order valence-electron chi connectivity index (χ4n) is 1.88. The second-order valence-electron chi connectivity index (χ2n) is 4.43.